The first-order valence-corrected chi connectivity index (χ1v) is 9.59. The van der Waals surface area contributed by atoms with Gasteiger partial charge in [-0.3, -0.25) is 5.43 Å². The molecule has 2 saturated carbocycles. The third-order valence-electron chi connectivity index (χ3n) is 6.08. The van der Waals surface area contributed by atoms with Gasteiger partial charge in [0.25, 0.3) is 0 Å². The molecule has 2 aromatic rings. The van der Waals surface area contributed by atoms with Crippen LogP contribution >= 0.6 is 22.7 Å². The van der Waals surface area contributed by atoms with Crippen LogP contribution in [0.4, 0.5) is 5.13 Å². The minimum absolute atomic E-state index is 0.249. The molecule has 116 valence electrons. The molecule has 2 atom stereocenters. The smallest absolute Gasteiger partial charge is 0.203 e. The summed E-state index contributed by atoms with van der Waals surface area (Å²) in [4.78, 5) is 5.86. The average Bonchev–Trinajstić information content (AvgIpc) is 3.22. The number of aromatic nitrogens is 1. The predicted molar refractivity (Wildman–Crippen MR) is 95.7 cm³/mol. The topological polar surface area (TPSA) is 37.3 Å². The van der Waals surface area contributed by atoms with Gasteiger partial charge in [-0.1, -0.05) is 26.8 Å². The molecular formula is C17H21N3S2. The lowest BCUT2D eigenvalue weighted by molar-refractivity contribution is 0.194. The van der Waals surface area contributed by atoms with Gasteiger partial charge in [0.05, 0.1) is 10.6 Å². The van der Waals surface area contributed by atoms with Gasteiger partial charge in [-0.05, 0) is 42.0 Å². The third-order valence-corrected chi connectivity index (χ3v) is 7.72. The van der Waals surface area contributed by atoms with Gasteiger partial charge in [-0.15, -0.1) is 22.7 Å². The predicted octanol–water partition coefficient (Wildman–Crippen LogP) is 5.49. The molecule has 3 nitrogen and oxygen atoms in total. The second kappa shape index (κ2) is 4.90. The Labute approximate surface area is 139 Å². The van der Waals surface area contributed by atoms with E-state index < -0.39 is 0 Å². The Balaban J connectivity index is 1.54. The van der Waals surface area contributed by atoms with Crippen molar-refractivity contribution >= 4 is 33.5 Å². The molecule has 0 aliphatic heterocycles. The molecule has 0 radical (unpaired) electrons. The molecule has 1 N–H and O–H groups in total. The van der Waals surface area contributed by atoms with E-state index in [1.165, 1.54) is 23.4 Å². The number of nitrogens with zero attached hydrogens (tertiary/aromatic N) is 2. The second-order valence-corrected chi connectivity index (χ2v) is 8.98. The summed E-state index contributed by atoms with van der Waals surface area (Å²) in [5.74, 6) is 0.788. The van der Waals surface area contributed by atoms with Crippen LogP contribution in [0.3, 0.4) is 0 Å². The zero-order valence-corrected chi connectivity index (χ0v) is 14.9. The lowest BCUT2D eigenvalue weighted by atomic mass is 9.70. The highest BCUT2D eigenvalue weighted by Crippen LogP contribution is 2.63. The third kappa shape index (κ3) is 1.98. The fourth-order valence-corrected chi connectivity index (χ4v) is 5.49. The van der Waals surface area contributed by atoms with Crippen LogP contribution in [0, 0.1) is 16.7 Å². The van der Waals surface area contributed by atoms with E-state index in [-0.39, 0.29) is 5.41 Å². The van der Waals surface area contributed by atoms with E-state index in [1.54, 1.807) is 22.7 Å². The van der Waals surface area contributed by atoms with E-state index >= 15 is 0 Å². The van der Waals surface area contributed by atoms with E-state index in [0.717, 1.165) is 23.2 Å². The number of hydrogen-bond donors (Lipinski definition) is 1. The Morgan fingerprint density at radius 2 is 2.18 bits per heavy atom. The maximum atomic E-state index is 4.76. The van der Waals surface area contributed by atoms with Gasteiger partial charge >= 0.3 is 0 Å². The fraction of sp³-hybridized carbons (Fsp3) is 0.529. The van der Waals surface area contributed by atoms with Crippen molar-refractivity contribution in [2.45, 2.75) is 40.0 Å². The molecule has 5 heteroatoms. The molecule has 0 spiro atoms. The van der Waals surface area contributed by atoms with E-state index in [2.05, 4.69) is 54.1 Å². The van der Waals surface area contributed by atoms with E-state index in [1.807, 2.05) is 0 Å². The monoisotopic (exact) mass is 331 g/mol. The summed E-state index contributed by atoms with van der Waals surface area (Å²) < 4.78 is 0. The first-order valence-electron chi connectivity index (χ1n) is 7.83. The van der Waals surface area contributed by atoms with Gasteiger partial charge in [0.15, 0.2) is 0 Å². The first-order chi connectivity index (χ1) is 10.5. The maximum Gasteiger partial charge on any atom is 0.203 e. The quantitative estimate of drug-likeness (QED) is 0.756. The molecule has 2 heterocycles. The summed E-state index contributed by atoms with van der Waals surface area (Å²) in [5.41, 5.74) is 6.22. The van der Waals surface area contributed by atoms with Crippen LogP contribution in [0.5, 0.6) is 0 Å². The van der Waals surface area contributed by atoms with Gasteiger partial charge in [0, 0.05) is 16.5 Å². The van der Waals surface area contributed by atoms with Crippen molar-refractivity contribution in [1.82, 2.24) is 4.98 Å². The van der Waals surface area contributed by atoms with Gasteiger partial charge in [-0.25, -0.2) is 4.98 Å². The standard InChI is InChI=1S/C17H21N3S2/c1-16(2)11-6-7-17(16,3)14(9-11)19-20-15-18-12(10-22-15)13-5-4-8-21-13/h4-5,8,10-11H,6-7,9H2,1-3H3,(H,18,20). The van der Waals surface area contributed by atoms with Crippen LogP contribution in [0.2, 0.25) is 0 Å². The number of thiophene rings is 1. The second-order valence-electron chi connectivity index (χ2n) is 7.18. The summed E-state index contributed by atoms with van der Waals surface area (Å²) >= 11 is 3.35. The van der Waals surface area contributed by atoms with Gasteiger partial charge in [0.1, 0.15) is 0 Å². The Morgan fingerprint density at radius 1 is 1.32 bits per heavy atom. The fourth-order valence-electron chi connectivity index (χ4n) is 4.08. The molecular weight excluding hydrogens is 310 g/mol. The number of anilines is 1. The Morgan fingerprint density at radius 3 is 2.82 bits per heavy atom. The number of fused-ring (bicyclic) bond motifs is 2. The summed E-state index contributed by atoms with van der Waals surface area (Å²) in [6.45, 7) is 7.20. The van der Waals surface area contributed by atoms with E-state index in [4.69, 9.17) is 5.10 Å². The minimum Gasteiger partial charge on any atom is -0.253 e. The van der Waals surface area contributed by atoms with Crippen LogP contribution in [0.15, 0.2) is 28.0 Å². The Kier molecular flexibility index (Phi) is 3.20. The highest BCUT2D eigenvalue weighted by atomic mass is 32.1. The lowest BCUT2D eigenvalue weighted by Crippen LogP contribution is -2.32. The Bertz CT molecular complexity index is 714. The number of hydrazone groups is 1. The summed E-state index contributed by atoms with van der Waals surface area (Å²) in [6, 6.07) is 4.17. The molecule has 2 aliphatic carbocycles. The molecule has 22 heavy (non-hydrogen) atoms. The summed E-state index contributed by atoms with van der Waals surface area (Å²) in [5, 5.41) is 9.83. The van der Waals surface area contributed by atoms with Crippen molar-refractivity contribution < 1.29 is 0 Å². The van der Waals surface area contributed by atoms with Crippen molar-refractivity contribution in [3.63, 3.8) is 0 Å². The molecule has 2 bridgehead atoms. The van der Waals surface area contributed by atoms with Crippen molar-refractivity contribution in [2.75, 3.05) is 5.43 Å². The summed E-state index contributed by atoms with van der Waals surface area (Å²) in [7, 11) is 0. The zero-order chi connectivity index (χ0) is 15.4. The molecule has 0 amide bonds. The Hall–Kier alpha value is -1.20. The molecule has 2 aliphatic rings. The number of thiazole rings is 1. The molecule has 2 aromatic heterocycles. The molecule has 0 aromatic carbocycles. The maximum absolute atomic E-state index is 4.76. The highest BCUT2D eigenvalue weighted by molar-refractivity contribution is 7.15. The SMILES string of the molecule is CC12CCC(CC1=NNc1nc(-c3cccs3)cs1)C2(C)C. The highest BCUT2D eigenvalue weighted by Gasteiger charge is 2.59. The van der Waals surface area contributed by atoms with Crippen LogP contribution in [0.1, 0.15) is 40.0 Å². The van der Waals surface area contributed by atoms with Gasteiger partial charge in [0.2, 0.25) is 5.13 Å². The lowest BCUT2D eigenvalue weighted by Gasteiger charge is -2.34. The first kappa shape index (κ1) is 14.4. The summed E-state index contributed by atoms with van der Waals surface area (Å²) in [6.07, 6.45) is 3.76. The largest absolute Gasteiger partial charge is 0.253 e. The molecule has 4 rings (SSSR count). The zero-order valence-electron chi connectivity index (χ0n) is 13.2. The molecule has 0 saturated heterocycles. The van der Waals surface area contributed by atoms with Gasteiger partial charge in [-0.2, -0.15) is 5.10 Å². The molecule has 2 unspecified atom stereocenters. The number of rotatable bonds is 3. The number of hydrogen-bond acceptors (Lipinski definition) is 5. The van der Waals surface area contributed by atoms with E-state index in [9.17, 15) is 0 Å². The van der Waals surface area contributed by atoms with E-state index in [0.29, 0.717) is 5.41 Å². The van der Waals surface area contributed by atoms with Crippen LogP contribution < -0.4 is 5.43 Å². The molecule has 2 fully saturated rings. The average molecular weight is 332 g/mol. The van der Waals surface area contributed by atoms with Crippen molar-refractivity contribution in [1.29, 1.82) is 0 Å². The normalized spacial score (nSPS) is 31.0. The van der Waals surface area contributed by atoms with Crippen molar-refractivity contribution in [3.8, 4) is 10.6 Å². The van der Waals surface area contributed by atoms with Crippen LogP contribution in [-0.4, -0.2) is 10.7 Å². The number of nitrogens with one attached hydrogen (secondary N) is 1. The van der Waals surface area contributed by atoms with Crippen LogP contribution in [0.25, 0.3) is 10.6 Å². The van der Waals surface area contributed by atoms with Crippen molar-refractivity contribution in [2.24, 2.45) is 21.8 Å². The van der Waals surface area contributed by atoms with Crippen molar-refractivity contribution in [3.05, 3.63) is 22.9 Å². The minimum atomic E-state index is 0.249. The van der Waals surface area contributed by atoms with Crippen LogP contribution in [-0.2, 0) is 0 Å². The van der Waals surface area contributed by atoms with Gasteiger partial charge < -0.3 is 0 Å².